The molecule has 0 saturated heterocycles. The quantitative estimate of drug-likeness (QED) is 0.805. The molecule has 0 aliphatic heterocycles. The molecule has 0 aliphatic rings. The van der Waals surface area contributed by atoms with Gasteiger partial charge in [-0.05, 0) is 40.3 Å². The van der Waals surface area contributed by atoms with E-state index >= 15 is 0 Å². The van der Waals surface area contributed by atoms with Gasteiger partial charge in [0, 0.05) is 17.6 Å². The molecular weight excluding hydrogens is 252 g/mol. The first-order valence-electron chi connectivity index (χ1n) is 7.11. The van der Waals surface area contributed by atoms with Crippen molar-refractivity contribution in [2.45, 2.75) is 52.3 Å². The summed E-state index contributed by atoms with van der Waals surface area (Å²) in [5.41, 5.74) is 0.837. The predicted molar refractivity (Wildman–Crippen MR) is 81.8 cm³/mol. The topological polar surface area (TPSA) is 50.4 Å². The van der Waals surface area contributed by atoms with Gasteiger partial charge in [-0.15, -0.1) is 0 Å². The molecule has 1 aromatic rings. The zero-order valence-corrected chi connectivity index (χ0v) is 13.1. The summed E-state index contributed by atoms with van der Waals surface area (Å²) in [7, 11) is 1.89. The molecule has 1 aromatic carbocycles. The van der Waals surface area contributed by atoms with Crippen molar-refractivity contribution in [1.82, 2.24) is 10.6 Å². The van der Waals surface area contributed by atoms with Crippen LogP contribution in [0, 0.1) is 0 Å². The first-order valence-corrected chi connectivity index (χ1v) is 7.11. The number of para-hydroxylation sites is 1. The van der Waals surface area contributed by atoms with Crippen LogP contribution < -0.4 is 15.4 Å². The number of benzene rings is 1. The van der Waals surface area contributed by atoms with Crippen molar-refractivity contribution in [2.24, 2.45) is 0 Å². The van der Waals surface area contributed by atoms with E-state index in [1.165, 1.54) is 0 Å². The van der Waals surface area contributed by atoms with Crippen LogP contribution in [-0.2, 0) is 11.3 Å². The molecule has 1 rings (SSSR count). The highest BCUT2D eigenvalue weighted by atomic mass is 16.5. The number of nitrogens with one attached hydrogen (secondary N) is 2. The first-order chi connectivity index (χ1) is 9.39. The fraction of sp³-hybridized carbons (Fsp3) is 0.562. The minimum absolute atomic E-state index is 0.0869. The number of amides is 1. The smallest absolute Gasteiger partial charge is 0.261 e. The largest absolute Gasteiger partial charge is 0.481 e. The Labute approximate surface area is 121 Å². The number of carbonyl (C=O) groups excluding carboxylic acids is 1. The van der Waals surface area contributed by atoms with Gasteiger partial charge in [-0.1, -0.05) is 25.1 Å². The van der Waals surface area contributed by atoms with Gasteiger partial charge in [0.1, 0.15) is 5.75 Å². The van der Waals surface area contributed by atoms with Gasteiger partial charge in [-0.3, -0.25) is 4.79 Å². The average molecular weight is 278 g/mol. The molecule has 112 valence electrons. The molecular formula is C16H26N2O2. The minimum Gasteiger partial charge on any atom is -0.481 e. The molecule has 20 heavy (non-hydrogen) atoms. The number of ether oxygens (including phenoxy) is 1. The van der Waals surface area contributed by atoms with Gasteiger partial charge in [0.05, 0.1) is 0 Å². The predicted octanol–water partition coefficient (Wildman–Crippen LogP) is 2.48. The monoisotopic (exact) mass is 278 g/mol. The van der Waals surface area contributed by atoms with Crippen LogP contribution in [0.25, 0.3) is 0 Å². The highest BCUT2D eigenvalue weighted by Crippen LogP contribution is 2.19. The maximum atomic E-state index is 12.1. The van der Waals surface area contributed by atoms with Gasteiger partial charge < -0.3 is 15.4 Å². The van der Waals surface area contributed by atoms with Crippen LogP contribution in [0.1, 0.15) is 39.7 Å². The van der Waals surface area contributed by atoms with Crippen molar-refractivity contribution in [1.29, 1.82) is 0 Å². The average Bonchev–Trinajstić information content (AvgIpc) is 2.40. The summed E-state index contributed by atoms with van der Waals surface area (Å²) in [5.74, 6) is 0.662. The Morgan fingerprint density at radius 3 is 2.60 bits per heavy atom. The molecule has 0 aliphatic carbocycles. The molecule has 0 bridgehead atoms. The highest BCUT2D eigenvalue weighted by Gasteiger charge is 2.23. The molecule has 1 atom stereocenters. The third kappa shape index (κ3) is 4.85. The maximum Gasteiger partial charge on any atom is 0.261 e. The summed E-state index contributed by atoms with van der Waals surface area (Å²) < 4.78 is 5.80. The number of carbonyl (C=O) groups is 1. The molecule has 0 fully saturated rings. The third-order valence-electron chi connectivity index (χ3n) is 3.36. The van der Waals surface area contributed by atoms with Crippen molar-refractivity contribution < 1.29 is 9.53 Å². The van der Waals surface area contributed by atoms with E-state index in [-0.39, 0.29) is 11.4 Å². The van der Waals surface area contributed by atoms with Gasteiger partial charge in [0.15, 0.2) is 6.10 Å². The molecule has 0 saturated carbocycles. The van der Waals surface area contributed by atoms with Gasteiger partial charge in [0.2, 0.25) is 0 Å². The zero-order valence-electron chi connectivity index (χ0n) is 13.1. The second-order valence-electron chi connectivity index (χ2n) is 5.62. The number of rotatable bonds is 7. The van der Waals surface area contributed by atoms with E-state index in [0.29, 0.717) is 6.54 Å². The molecule has 0 radical (unpaired) electrons. The zero-order chi connectivity index (χ0) is 15.2. The minimum atomic E-state index is -0.515. The third-order valence-corrected chi connectivity index (χ3v) is 3.36. The SMILES string of the molecule is CCC(C)(C)NC(=O)C(C)Oc1ccccc1CNC. The maximum absolute atomic E-state index is 12.1. The van der Waals surface area contributed by atoms with Crippen LogP contribution in [0.15, 0.2) is 24.3 Å². The Kier molecular flexibility index (Phi) is 6.02. The molecule has 2 N–H and O–H groups in total. The van der Waals surface area contributed by atoms with Crippen LogP contribution in [-0.4, -0.2) is 24.6 Å². The van der Waals surface area contributed by atoms with Gasteiger partial charge >= 0.3 is 0 Å². The van der Waals surface area contributed by atoms with Crippen LogP contribution >= 0.6 is 0 Å². The molecule has 1 amide bonds. The standard InChI is InChI=1S/C16H26N2O2/c1-6-16(3,4)18-15(19)12(2)20-14-10-8-7-9-13(14)11-17-5/h7-10,12,17H,6,11H2,1-5H3,(H,18,19). The van der Waals surface area contributed by atoms with E-state index < -0.39 is 6.10 Å². The lowest BCUT2D eigenvalue weighted by atomic mass is 10.0. The summed E-state index contributed by atoms with van der Waals surface area (Å²) in [6.07, 6.45) is 0.362. The van der Waals surface area contributed by atoms with E-state index in [0.717, 1.165) is 17.7 Å². The van der Waals surface area contributed by atoms with Crippen molar-refractivity contribution in [3.8, 4) is 5.75 Å². The fourth-order valence-electron chi connectivity index (χ4n) is 1.72. The Morgan fingerprint density at radius 2 is 2.00 bits per heavy atom. The Bertz CT molecular complexity index is 444. The molecule has 0 spiro atoms. The molecule has 0 heterocycles. The molecule has 1 unspecified atom stereocenters. The van der Waals surface area contributed by atoms with E-state index in [4.69, 9.17) is 4.74 Å². The van der Waals surface area contributed by atoms with Crippen molar-refractivity contribution in [3.05, 3.63) is 29.8 Å². The van der Waals surface area contributed by atoms with E-state index in [9.17, 15) is 4.79 Å². The lowest BCUT2D eigenvalue weighted by Gasteiger charge is -2.27. The Hall–Kier alpha value is -1.55. The number of hydrogen-bond donors (Lipinski definition) is 2. The second-order valence-corrected chi connectivity index (χ2v) is 5.62. The van der Waals surface area contributed by atoms with E-state index in [2.05, 4.69) is 10.6 Å². The van der Waals surface area contributed by atoms with Gasteiger partial charge in [-0.2, -0.15) is 0 Å². The van der Waals surface area contributed by atoms with Crippen LogP contribution in [0.3, 0.4) is 0 Å². The highest BCUT2D eigenvalue weighted by molar-refractivity contribution is 5.81. The van der Waals surface area contributed by atoms with Crippen LogP contribution in [0.5, 0.6) is 5.75 Å². The van der Waals surface area contributed by atoms with E-state index in [1.807, 2.05) is 52.1 Å². The summed E-state index contributed by atoms with van der Waals surface area (Å²) in [5, 5.41) is 6.09. The summed E-state index contributed by atoms with van der Waals surface area (Å²) in [6, 6.07) is 7.76. The van der Waals surface area contributed by atoms with Crippen LogP contribution in [0.4, 0.5) is 0 Å². The second kappa shape index (κ2) is 7.29. The summed E-state index contributed by atoms with van der Waals surface area (Å²) in [6.45, 7) is 8.55. The molecule has 0 aromatic heterocycles. The first kappa shape index (κ1) is 16.5. The lowest BCUT2D eigenvalue weighted by molar-refractivity contribution is -0.129. The van der Waals surface area contributed by atoms with Gasteiger partial charge in [0.25, 0.3) is 5.91 Å². The van der Waals surface area contributed by atoms with Crippen molar-refractivity contribution in [2.75, 3.05) is 7.05 Å². The van der Waals surface area contributed by atoms with Crippen molar-refractivity contribution >= 4 is 5.91 Å². The Morgan fingerprint density at radius 1 is 1.35 bits per heavy atom. The molecule has 4 nitrogen and oxygen atoms in total. The Balaban J connectivity index is 2.70. The summed E-state index contributed by atoms with van der Waals surface area (Å²) in [4.78, 5) is 12.1. The summed E-state index contributed by atoms with van der Waals surface area (Å²) >= 11 is 0. The van der Waals surface area contributed by atoms with Gasteiger partial charge in [-0.25, -0.2) is 0 Å². The van der Waals surface area contributed by atoms with E-state index in [1.54, 1.807) is 6.92 Å². The lowest BCUT2D eigenvalue weighted by Crippen LogP contribution is -2.48. The van der Waals surface area contributed by atoms with Crippen LogP contribution in [0.2, 0.25) is 0 Å². The number of hydrogen-bond acceptors (Lipinski definition) is 3. The molecule has 4 heteroatoms. The van der Waals surface area contributed by atoms with Crippen molar-refractivity contribution in [3.63, 3.8) is 0 Å². The normalized spacial score (nSPS) is 12.8. The fourth-order valence-corrected chi connectivity index (χ4v) is 1.72.